The number of ether oxygens (including phenoxy) is 1. The Kier molecular flexibility index (Phi) is 7.49. The molecule has 0 spiro atoms. The Labute approximate surface area is 207 Å². The number of carbonyl (C=O) groups is 1. The molecule has 0 saturated heterocycles. The summed E-state index contributed by atoms with van der Waals surface area (Å²) < 4.78 is 7.31. The van der Waals surface area contributed by atoms with E-state index >= 15 is 0 Å². The number of amides is 1. The van der Waals surface area contributed by atoms with Crippen molar-refractivity contribution in [2.45, 2.75) is 30.8 Å². The number of nitrogens with one attached hydrogen (secondary N) is 1. The van der Waals surface area contributed by atoms with Gasteiger partial charge < -0.3 is 10.1 Å². The van der Waals surface area contributed by atoms with E-state index in [1.165, 1.54) is 11.8 Å². The van der Waals surface area contributed by atoms with Crippen LogP contribution in [0.25, 0.3) is 17.1 Å². The van der Waals surface area contributed by atoms with Crippen molar-refractivity contribution in [2.24, 2.45) is 0 Å². The number of aromatic nitrogens is 4. The number of methoxy groups -OCH3 is 1. The molecule has 0 aliphatic heterocycles. The smallest absolute Gasteiger partial charge is 0.233 e. The van der Waals surface area contributed by atoms with Gasteiger partial charge in [-0.15, -0.1) is 10.2 Å². The number of benzene rings is 2. The molecule has 1 unspecified atom stereocenters. The summed E-state index contributed by atoms with van der Waals surface area (Å²) in [6, 6.07) is 17.1. The van der Waals surface area contributed by atoms with Crippen molar-refractivity contribution in [3.63, 3.8) is 0 Å². The van der Waals surface area contributed by atoms with E-state index in [0.29, 0.717) is 22.5 Å². The van der Waals surface area contributed by atoms with Crippen molar-refractivity contribution in [3.05, 3.63) is 83.1 Å². The number of hydrogen-bond donors (Lipinski definition) is 1. The summed E-state index contributed by atoms with van der Waals surface area (Å²) in [4.78, 5) is 17.0. The molecule has 0 radical (unpaired) electrons. The lowest BCUT2D eigenvalue weighted by Crippen LogP contribution is -2.30. The van der Waals surface area contributed by atoms with E-state index in [9.17, 15) is 4.79 Å². The number of pyridine rings is 1. The molecule has 1 atom stereocenters. The predicted molar refractivity (Wildman–Crippen MR) is 134 cm³/mol. The Hall–Kier alpha value is -3.36. The van der Waals surface area contributed by atoms with E-state index in [-0.39, 0.29) is 5.91 Å². The summed E-state index contributed by atoms with van der Waals surface area (Å²) in [6.07, 6.45) is 3.42. The fraction of sp³-hybridized carbons (Fsp3) is 0.200. The highest BCUT2D eigenvalue weighted by Crippen LogP contribution is 2.33. The third-order valence-electron chi connectivity index (χ3n) is 5.35. The molecule has 4 aromatic rings. The van der Waals surface area contributed by atoms with Gasteiger partial charge in [0.2, 0.25) is 5.91 Å². The van der Waals surface area contributed by atoms with Crippen LogP contribution in [0.15, 0.2) is 72.1 Å². The van der Waals surface area contributed by atoms with Crippen molar-refractivity contribution in [1.82, 2.24) is 25.1 Å². The molecule has 0 aliphatic rings. The second-order valence-electron chi connectivity index (χ2n) is 7.55. The van der Waals surface area contributed by atoms with Crippen LogP contribution in [0.2, 0.25) is 5.02 Å². The molecule has 0 saturated carbocycles. The maximum Gasteiger partial charge on any atom is 0.233 e. The molecular weight excluding hydrogens is 470 g/mol. The Morgan fingerprint density at radius 3 is 2.65 bits per heavy atom. The van der Waals surface area contributed by atoms with E-state index in [1.807, 2.05) is 73.0 Å². The third-order valence-corrected chi connectivity index (χ3v) is 6.80. The summed E-state index contributed by atoms with van der Waals surface area (Å²) in [6.45, 7) is 4.17. The number of hydrogen-bond acceptors (Lipinski definition) is 6. The zero-order chi connectivity index (χ0) is 24.1. The number of rotatable bonds is 8. The Balaban J connectivity index is 1.61. The summed E-state index contributed by atoms with van der Waals surface area (Å²) in [5.74, 6) is 1.27. The lowest BCUT2D eigenvalue weighted by Gasteiger charge is -2.16. The Morgan fingerprint density at radius 2 is 1.88 bits per heavy atom. The third kappa shape index (κ3) is 5.08. The molecule has 0 fully saturated rings. The minimum Gasteiger partial charge on any atom is -0.496 e. The standard InChI is InChI=1S/C25H24ClN5O2S/c1-16-20(26)8-6-9-21(16)31-23(18-11-13-27-14-12-18)29-30-25(31)34-17(2)24(32)28-15-19-7-4-5-10-22(19)33-3/h4-14,17H,15H2,1-3H3,(H,28,32). The molecule has 1 amide bonds. The van der Waals surface area contributed by atoms with Crippen LogP contribution in [-0.4, -0.2) is 38.0 Å². The zero-order valence-corrected chi connectivity index (χ0v) is 20.6. The quantitative estimate of drug-likeness (QED) is 0.344. The average Bonchev–Trinajstić information content (AvgIpc) is 3.28. The highest BCUT2D eigenvalue weighted by molar-refractivity contribution is 8.00. The number of nitrogens with zero attached hydrogens (tertiary/aromatic N) is 4. The molecule has 0 bridgehead atoms. The first-order valence-electron chi connectivity index (χ1n) is 10.7. The summed E-state index contributed by atoms with van der Waals surface area (Å²) in [5, 5.41) is 12.7. The molecule has 0 aliphatic carbocycles. The normalized spacial score (nSPS) is 11.8. The van der Waals surface area contributed by atoms with Crippen molar-refractivity contribution in [2.75, 3.05) is 7.11 Å². The minimum atomic E-state index is -0.414. The second kappa shape index (κ2) is 10.7. The largest absolute Gasteiger partial charge is 0.496 e. The molecule has 174 valence electrons. The number of thioether (sulfide) groups is 1. The highest BCUT2D eigenvalue weighted by Gasteiger charge is 2.23. The van der Waals surface area contributed by atoms with E-state index in [0.717, 1.165) is 28.1 Å². The van der Waals surface area contributed by atoms with Gasteiger partial charge in [0.1, 0.15) is 5.75 Å². The van der Waals surface area contributed by atoms with Crippen molar-refractivity contribution in [3.8, 4) is 22.8 Å². The van der Waals surface area contributed by atoms with Crippen LogP contribution in [0.1, 0.15) is 18.1 Å². The lowest BCUT2D eigenvalue weighted by molar-refractivity contribution is -0.120. The van der Waals surface area contributed by atoms with E-state index in [2.05, 4.69) is 20.5 Å². The summed E-state index contributed by atoms with van der Waals surface area (Å²) >= 11 is 7.75. The van der Waals surface area contributed by atoms with Crippen LogP contribution in [-0.2, 0) is 11.3 Å². The van der Waals surface area contributed by atoms with Gasteiger partial charge in [-0.25, -0.2) is 0 Å². The van der Waals surface area contributed by atoms with Crippen LogP contribution < -0.4 is 10.1 Å². The topological polar surface area (TPSA) is 81.9 Å². The Bertz CT molecular complexity index is 1300. The van der Waals surface area contributed by atoms with Crippen LogP contribution in [0, 0.1) is 6.92 Å². The molecule has 34 heavy (non-hydrogen) atoms. The van der Waals surface area contributed by atoms with Gasteiger partial charge in [0, 0.05) is 35.1 Å². The van der Waals surface area contributed by atoms with Gasteiger partial charge in [-0.05, 0) is 49.7 Å². The first-order valence-corrected chi connectivity index (χ1v) is 11.9. The fourth-order valence-electron chi connectivity index (χ4n) is 3.48. The fourth-order valence-corrected chi connectivity index (χ4v) is 4.53. The van der Waals surface area contributed by atoms with Crippen molar-refractivity contribution >= 4 is 29.3 Å². The minimum absolute atomic E-state index is 0.112. The molecular formula is C25H24ClN5O2S. The summed E-state index contributed by atoms with van der Waals surface area (Å²) in [7, 11) is 1.62. The van der Waals surface area contributed by atoms with Crippen LogP contribution >= 0.6 is 23.4 Å². The van der Waals surface area contributed by atoms with Gasteiger partial charge in [-0.2, -0.15) is 0 Å². The number of halogens is 1. The lowest BCUT2D eigenvalue weighted by atomic mass is 10.2. The number of carbonyl (C=O) groups excluding carboxylic acids is 1. The van der Waals surface area contributed by atoms with Crippen molar-refractivity contribution < 1.29 is 9.53 Å². The van der Waals surface area contributed by atoms with Gasteiger partial charge in [-0.3, -0.25) is 14.3 Å². The average molecular weight is 494 g/mol. The molecule has 9 heteroatoms. The van der Waals surface area contributed by atoms with E-state index in [4.69, 9.17) is 16.3 Å². The summed E-state index contributed by atoms with van der Waals surface area (Å²) in [5.41, 5.74) is 3.53. The van der Waals surface area contributed by atoms with Gasteiger partial charge >= 0.3 is 0 Å². The first-order chi connectivity index (χ1) is 16.5. The zero-order valence-electron chi connectivity index (χ0n) is 19.0. The highest BCUT2D eigenvalue weighted by atomic mass is 35.5. The van der Waals surface area contributed by atoms with Crippen LogP contribution in [0.3, 0.4) is 0 Å². The van der Waals surface area contributed by atoms with Gasteiger partial charge in [0.05, 0.1) is 18.0 Å². The molecule has 7 nitrogen and oxygen atoms in total. The molecule has 2 heterocycles. The van der Waals surface area contributed by atoms with Gasteiger partial charge in [0.15, 0.2) is 11.0 Å². The predicted octanol–water partition coefficient (Wildman–Crippen LogP) is 5.10. The van der Waals surface area contributed by atoms with Crippen molar-refractivity contribution in [1.29, 1.82) is 0 Å². The molecule has 2 aromatic heterocycles. The molecule has 1 N–H and O–H groups in total. The Morgan fingerprint density at radius 1 is 1.12 bits per heavy atom. The molecule has 2 aromatic carbocycles. The SMILES string of the molecule is COc1ccccc1CNC(=O)C(C)Sc1nnc(-c2ccncc2)n1-c1cccc(Cl)c1C. The van der Waals surface area contributed by atoms with E-state index in [1.54, 1.807) is 19.5 Å². The second-order valence-corrected chi connectivity index (χ2v) is 9.27. The van der Waals surface area contributed by atoms with Crippen LogP contribution in [0.5, 0.6) is 5.75 Å². The maximum atomic E-state index is 12.9. The molecule has 4 rings (SSSR count). The monoisotopic (exact) mass is 493 g/mol. The van der Waals surface area contributed by atoms with Gasteiger partial charge in [0.25, 0.3) is 0 Å². The van der Waals surface area contributed by atoms with Crippen LogP contribution in [0.4, 0.5) is 0 Å². The maximum absolute atomic E-state index is 12.9. The van der Waals surface area contributed by atoms with Gasteiger partial charge in [-0.1, -0.05) is 47.6 Å². The first kappa shape index (κ1) is 23.8. The number of para-hydroxylation sites is 1. The van der Waals surface area contributed by atoms with E-state index < -0.39 is 5.25 Å².